The molecule has 0 radical (unpaired) electrons. The second-order valence-corrected chi connectivity index (χ2v) is 9.40. The Labute approximate surface area is 176 Å². The molecule has 1 heterocycles. The van der Waals surface area contributed by atoms with Gasteiger partial charge >= 0.3 is 0 Å². The zero-order chi connectivity index (χ0) is 21.0. The smallest absolute Gasteiger partial charge is 0.246 e. The second kappa shape index (κ2) is 9.15. The number of piperidine rings is 1. The van der Waals surface area contributed by atoms with E-state index in [0.29, 0.717) is 24.5 Å². The Hall–Kier alpha value is -2.09. The summed E-state index contributed by atoms with van der Waals surface area (Å²) in [7, 11) is -3.76. The molecule has 1 aliphatic rings. The van der Waals surface area contributed by atoms with Gasteiger partial charge in [-0.2, -0.15) is 4.31 Å². The minimum absolute atomic E-state index is 0.0643. The molecule has 0 bridgehead atoms. The largest absolute Gasteiger partial charge is 0.492 e. The van der Waals surface area contributed by atoms with Crippen molar-refractivity contribution in [2.45, 2.75) is 31.6 Å². The van der Waals surface area contributed by atoms with E-state index < -0.39 is 10.0 Å². The number of sulfonamides is 1. The predicted octanol–water partition coefficient (Wildman–Crippen LogP) is 4.09. The summed E-state index contributed by atoms with van der Waals surface area (Å²) in [5.74, 6) is -0.0201. The van der Waals surface area contributed by atoms with E-state index in [1.54, 1.807) is 19.1 Å². The van der Waals surface area contributed by atoms with Gasteiger partial charge in [0.05, 0.1) is 6.61 Å². The minimum Gasteiger partial charge on any atom is -0.492 e. The Bertz CT molecular complexity index is 969. The maximum absolute atomic E-state index is 13.1. The quantitative estimate of drug-likeness (QED) is 0.740. The highest BCUT2D eigenvalue weighted by Gasteiger charge is 2.34. The molecule has 1 fully saturated rings. The molecular formula is C21H25ClN2O4S. The summed E-state index contributed by atoms with van der Waals surface area (Å²) in [6, 6.07) is 12.2. The molecule has 1 saturated heterocycles. The summed E-state index contributed by atoms with van der Waals surface area (Å²) in [5, 5.41) is 3.25. The van der Waals surface area contributed by atoms with Gasteiger partial charge in [-0.1, -0.05) is 29.3 Å². The molecule has 2 aromatic rings. The van der Waals surface area contributed by atoms with E-state index in [2.05, 4.69) is 5.32 Å². The molecule has 0 saturated carbocycles. The van der Waals surface area contributed by atoms with Crippen LogP contribution >= 0.6 is 11.6 Å². The van der Waals surface area contributed by atoms with Crippen LogP contribution in [0.1, 0.15) is 25.3 Å². The molecular weight excluding hydrogens is 412 g/mol. The molecule has 156 valence electrons. The Balaban J connectivity index is 1.67. The van der Waals surface area contributed by atoms with Gasteiger partial charge in [0.25, 0.3) is 0 Å². The molecule has 0 unspecified atom stereocenters. The molecule has 1 aliphatic heterocycles. The summed E-state index contributed by atoms with van der Waals surface area (Å²) >= 11 is 6.02. The molecule has 3 rings (SSSR count). The highest BCUT2D eigenvalue weighted by Crippen LogP contribution is 2.32. The number of rotatable bonds is 6. The number of hydrogen-bond acceptors (Lipinski definition) is 4. The first-order chi connectivity index (χ1) is 13.8. The molecule has 1 amide bonds. The zero-order valence-corrected chi connectivity index (χ0v) is 18.1. The van der Waals surface area contributed by atoms with Gasteiger partial charge in [-0.3, -0.25) is 4.79 Å². The normalized spacial score (nSPS) is 15.8. The first kappa shape index (κ1) is 21.6. The van der Waals surface area contributed by atoms with Gasteiger partial charge in [-0.15, -0.1) is 0 Å². The number of anilines is 1. The lowest BCUT2D eigenvalue weighted by Crippen LogP contribution is -2.41. The van der Waals surface area contributed by atoms with Gasteiger partial charge in [-0.05, 0) is 57.0 Å². The third-order valence-electron chi connectivity index (χ3n) is 4.97. The second-order valence-electron chi connectivity index (χ2n) is 7.06. The maximum atomic E-state index is 13.1. The van der Waals surface area contributed by atoms with E-state index in [-0.39, 0.29) is 35.6 Å². The maximum Gasteiger partial charge on any atom is 0.246 e. The third kappa shape index (κ3) is 5.10. The van der Waals surface area contributed by atoms with Crippen molar-refractivity contribution in [2.75, 3.05) is 25.0 Å². The number of halogens is 1. The topological polar surface area (TPSA) is 75.7 Å². The first-order valence-electron chi connectivity index (χ1n) is 9.61. The molecule has 6 nitrogen and oxygen atoms in total. The number of hydrogen-bond donors (Lipinski definition) is 1. The van der Waals surface area contributed by atoms with E-state index >= 15 is 0 Å². The van der Waals surface area contributed by atoms with E-state index in [0.717, 1.165) is 11.3 Å². The van der Waals surface area contributed by atoms with Gasteiger partial charge in [0, 0.05) is 29.7 Å². The summed E-state index contributed by atoms with van der Waals surface area (Å²) in [6.07, 6.45) is 0.920. The average Bonchev–Trinajstić information content (AvgIpc) is 2.71. The lowest BCUT2D eigenvalue weighted by molar-refractivity contribution is -0.120. The van der Waals surface area contributed by atoms with Crippen molar-refractivity contribution in [2.24, 2.45) is 5.92 Å². The lowest BCUT2D eigenvalue weighted by Gasteiger charge is -2.31. The van der Waals surface area contributed by atoms with Crippen LogP contribution in [-0.4, -0.2) is 38.3 Å². The molecule has 0 aromatic heterocycles. The van der Waals surface area contributed by atoms with Gasteiger partial charge < -0.3 is 10.1 Å². The first-order valence-corrected chi connectivity index (χ1v) is 11.4. The van der Waals surface area contributed by atoms with Crippen LogP contribution in [-0.2, 0) is 14.8 Å². The number of ether oxygens (including phenoxy) is 1. The Kier molecular flexibility index (Phi) is 6.82. The van der Waals surface area contributed by atoms with Crippen molar-refractivity contribution in [1.29, 1.82) is 0 Å². The number of carbonyl (C=O) groups is 1. The van der Waals surface area contributed by atoms with E-state index in [1.165, 1.54) is 10.4 Å². The van der Waals surface area contributed by atoms with Crippen LogP contribution < -0.4 is 10.1 Å². The van der Waals surface area contributed by atoms with Crippen molar-refractivity contribution in [3.05, 3.63) is 53.1 Å². The summed E-state index contributed by atoms with van der Waals surface area (Å²) in [6.45, 7) is 4.67. The fourth-order valence-electron chi connectivity index (χ4n) is 3.34. The molecule has 8 heteroatoms. The molecule has 2 aromatic carbocycles. The van der Waals surface area contributed by atoms with Crippen LogP contribution in [0, 0.1) is 12.8 Å². The number of aryl methyl sites for hydroxylation is 1. The van der Waals surface area contributed by atoms with Gasteiger partial charge in [0.15, 0.2) is 0 Å². The van der Waals surface area contributed by atoms with Crippen molar-refractivity contribution in [1.82, 2.24) is 4.31 Å². The summed E-state index contributed by atoms with van der Waals surface area (Å²) in [5.41, 5.74) is 1.87. The molecule has 0 spiro atoms. The minimum atomic E-state index is -3.76. The fraction of sp³-hybridized carbons (Fsp3) is 0.381. The monoisotopic (exact) mass is 436 g/mol. The average molecular weight is 437 g/mol. The highest BCUT2D eigenvalue weighted by molar-refractivity contribution is 7.89. The Morgan fingerprint density at radius 1 is 1.17 bits per heavy atom. The van der Waals surface area contributed by atoms with Crippen LogP contribution in [0.4, 0.5) is 5.69 Å². The van der Waals surface area contributed by atoms with Gasteiger partial charge in [0.1, 0.15) is 10.6 Å². The van der Waals surface area contributed by atoms with Crippen LogP contribution in [0.25, 0.3) is 0 Å². The molecule has 0 aliphatic carbocycles. The number of nitrogens with zero attached hydrogens (tertiary/aromatic N) is 1. The van der Waals surface area contributed by atoms with Gasteiger partial charge in [0.2, 0.25) is 15.9 Å². The zero-order valence-electron chi connectivity index (χ0n) is 16.5. The predicted molar refractivity (Wildman–Crippen MR) is 114 cm³/mol. The Morgan fingerprint density at radius 3 is 2.45 bits per heavy atom. The van der Waals surface area contributed by atoms with Crippen LogP contribution in [0.3, 0.4) is 0 Å². The van der Waals surface area contributed by atoms with Gasteiger partial charge in [-0.25, -0.2) is 8.42 Å². The van der Waals surface area contributed by atoms with Crippen LogP contribution in [0.5, 0.6) is 5.75 Å². The van der Waals surface area contributed by atoms with E-state index in [9.17, 15) is 13.2 Å². The number of nitrogens with one attached hydrogen (secondary N) is 1. The summed E-state index contributed by atoms with van der Waals surface area (Å²) in [4.78, 5) is 12.6. The van der Waals surface area contributed by atoms with Crippen LogP contribution in [0.2, 0.25) is 5.02 Å². The summed E-state index contributed by atoms with van der Waals surface area (Å²) < 4.78 is 33.1. The number of benzene rings is 2. The van der Waals surface area contributed by atoms with Crippen molar-refractivity contribution in [3.63, 3.8) is 0 Å². The van der Waals surface area contributed by atoms with Crippen molar-refractivity contribution < 1.29 is 17.9 Å². The third-order valence-corrected chi connectivity index (χ3v) is 7.12. The standard InChI is InChI=1S/C21H25ClN2O4S/c1-3-28-19-9-6-17(22)14-20(19)29(26,27)24-12-10-16(11-13-24)21(25)23-18-7-4-15(2)5-8-18/h4-9,14,16H,3,10-13H2,1-2H3,(H,23,25). The number of carbonyl (C=O) groups excluding carboxylic acids is 1. The molecule has 29 heavy (non-hydrogen) atoms. The molecule has 1 N–H and O–H groups in total. The SMILES string of the molecule is CCOc1ccc(Cl)cc1S(=O)(=O)N1CCC(C(=O)Nc2ccc(C)cc2)CC1. The van der Waals surface area contributed by atoms with E-state index in [1.807, 2.05) is 31.2 Å². The van der Waals surface area contributed by atoms with Crippen molar-refractivity contribution >= 4 is 33.2 Å². The lowest BCUT2D eigenvalue weighted by atomic mass is 9.97. The fourth-order valence-corrected chi connectivity index (χ4v) is 5.20. The number of amides is 1. The Morgan fingerprint density at radius 2 is 1.83 bits per heavy atom. The van der Waals surface area contributed by atoms with E-state index in [4.69, 9.17) is 16.3 Å². The molecule has 0 atom stereocenters. The van der Waals surface area contributed by atoms with Crippen LogP contribution in [0.15, 0.2) is 47.4 Å². The van der Waals surface area contributed by atoms with Crippen molar-refractivity contribution in [3.8, 4) is 5.75 Å². The highest BCUT2D eigenvalue weighted by atomic mass is 35.5.